The smallest absolute Gasteiger partial charge is 0.449 e. The molecule has 190 valence electrons. The van der Waals surface area contributed by atoms with Gasteiger partial charge in [0, 0.05) is 19.6 Å². The van der Waals surface area contributed by atoms with Gasteiger partial charge < -0.3 is 14.4 Å². The van der Waals surface area contributed by atoms with Crippen LogP contribution in [-0.2, 0) is 19.3 Å². The Labute approximate surface area is 203 Å². The maximum Gasteiger partial charge on any atom is 0.449 e. The average Bonchev–Trinajstić information content (AvgIpc) is 3.19. The first-order chi connectivity index (χ1) is 16.8. The lowest BCUT2D eigenvalue weighted by Crippen LogP contribution is -2.33. The summed E-state index contributed by atoms with van der Waals surface area (Å²) in [7, 11) is 1.84. The Balaban J connectivity index is 1.32. The first-order valence-corrected chi connectivity index (χ1v) is 12.1. The lowest BCUT2D eigenvalue weighted by Gasteiger charge is -2.26. The van der Waals surface area contributed by atoms with Gasteiger partial charge in [0.15, 0.2) is 0 Å². The number of rotatable bonds is 10. The largest absolute Gasteiger partial charge is 0.492 e. The normalized spacial score (nSPS) is 16.2. The van der Waals surface area contributed by atoms with E-state index in [1.807, 2.05) is 36.2 Å². The van der Waals surface area contributed by atoms with Gasteiger partial charge in [-0.3, -0.25) is 9.80 Å². The summed E-state index contributed by atoms with van der Waals surface area (Å²) < 4.78 is 47.6. The minimum absolute atomic E-state index is 0.195. The zero-order valence-corrected chi connectivity index (χ0v) is 20.0. The highest BCUT2D eigenvalue weighted by molar-refractivity contribution is 5.76. The fourth-order valence-electron chi connectivity index (χ4n) is 4.69. The summed E-state index contributed by atoms with van der Waals surface area (Å²) in [4.78, 5) is 8.06. The summed E-state index contributed by atoms with van der Waals surface area (Å²) in [5.41, 5.74) is 1.63. The van der Waals surface area contributed by atoms with Crippen LogP contribution in [-0.4, -0.2) is 70.4 Å². The van der Waals surface area contributed by atoms with Crippen molar-refractivity contribution in [2.24, 2.45) is 0 Å². The maximum atomic E-state index is 13.5. The number of likely N-dealkylation sites (tertiary alicyclic amines) is 1. The minimum atomic E-state index is -4.60. The fourth-order valence-corrected chi connectivity index (χ4v) is 4.69. The third kappa shape index (κ3) is 6.96. The molecule has 3 aromatic rings. The third-order valence-corrected chi connectivity index (χ3v) is 6.30. The molecule has 1 atom stereocenters. The minimum Gasteiger partial charge on any atom is -0.492 e. The molecule has 0 unspecified atom stereocenters. The molecule has 0 saturated carbocycles. The summed E-state index contributed by atoms with van der Waals surface area (Å²) in [6.07, 6.45) is -1.78. The van der Waals surface area contributed by atoms with Crippen LogP contribution < -0.4 is 4.74 Å². The van der Waals surface area contributed by atoms with Crippen molar-refractivity contribution in [1.29, 1.82) is 0 Å². The van der Waals surface area contributed by atoms with E-state index in [2.05, 4.69) is 9.88 Å². The van der Waals surface area contributed by atoms with Gasteiger partial charge in [0.05, 0.1) is 23.7 Å². The Morgan fingerprint density at radius 3 is 2.63 bits per heavy atom. The van der Waals surface area contributed by atoms with Gasteiger partial charge in [0.2, 0.25) is 5.82 Å². The molecule has 1 aliphatic heterocycles. The molecule has 2 aromatic carbocycles. The summed E-state index contributed by atoms with van der Waals surface area (Å²) in [5, 5.41) is 10.6. The second-order valence-electron chi connectivity index (χ2n) is 9.28. The molecule has 1 aliphatic rings. The number of imidazole rings is 1. The van der Waals surface area contributed by atoms with Gasteiger partial charge in [-0.2, -0.15) is 13.2 Å². The van der Waals surface area contributed by atoms with Crippen molar-refractivity contribution in [2.45, 2.75) is 44.6 Å². The number of aliphatic hydroxyl groups excluding tert-OH is 1. The predicted octanol–water partition coefficient (Wildman–Crippen LogP) is 4.41. The number of aliphatic hydroxyl groups is 1. The highest BCUT2D eigenvalue weighted by atomic mass is 19.4. The van der Waals surface area contributed by atoms with Gasteiger partial charge in [-0.25, -0.2) is 4.98 Å². The molecule has 0 amide bonds. The number of hydrogen-bond acceptors (Lipinski definition) is 5. The number of benzene rings is 2. The van der Waals surface area contributed by atoms with E-state index in [-0.39, 0.29) is 18.6 Å². The molecular weight excluding hydrogens is 457 g/mol. The standard InChI is InChI=1S/C26H33F3N4O2/c1-31(17-20-8-7-9-22(16-20)35-15-14-32-12-5-2-6-13-32)18-21(34)19-33-24-11-4-3-10-23(24)30-25(33)26(27,28)29/h3-4,7-11,16,21,34H,2,5-6,12-15,17-19H2,1H3/t21-/m1/s1. The van der Waals surface area contributed by atoms with Crippen LogP contribution in [0.5, 0.6) is 5.75 Å². The fraction of sp³-hybridized carbons (Fsp3) is 0.500. The van der Waals surface area contributed by atoms with E-state index in [4.69, 9.17) is 4.74 Å². The molecule has 0 radical (unpaired) electrons. The highest BCUT2D eigenvalue weighted by Gasteiger charge is 2.38. The van der Waals surface area contributed by atoms with Crippen molar-refractivity contribution in [3.8, 4) is 5.75 Å². The molecule has 0 aliphatic carbocycles. The molecular formula is C26H33F3N4O2. The van der Waals surface area contributed by atoms with E-state index in [0.717, 1.165) is 35.5 Å². The SMILES string of the molecule is CN(Cc1cccc(OCCN2CCCCC2)c1)C[C@@H](O)Cn1c(C(F)(F)F)nc2ccccc21. The molecule has 0 bridgehead atoms. The predicted molar refractivity (Wildman–Crippen MR) is 129 cm³/mol. The number of alkyl halides is 3. The van der Waals surface area contributed by atoms with Gasteiger partial charge in [-0.15, -0.1) is 0 Å². The molecule has 2 heterocycles. The van der Waals surface area contributed by atoms with Crippen LogP contribution in [0.25, 0.3) is 11.0 Å². The van der Waals surface area contributed by atoms with Crippen molar-refractivity contribution >= 4 is 11.0 Å². The third-order valence-electron chi connectivity index (χ3n) is 6.30. The lowest BCUT2D eigenvalue weighted by atomic mass is 10.1. The second kappa shape index (κ2) is 11.4. The molecule has 1 aromatic heterocycles. The Hall–Kier alpha value is -2.62. The Morgan fingerprint density at radius 2 is 1.86 bits per heavy atom. The zero-order valence-electron chi connectivity index (χ0n) is 20.0. The molecule has 1 fully saturated rings. The number of ether oxygens (including phenoxy) is 1. The van der Waals surface area contributed by atoms with Crippen LogP contribution in [0.2, 0.25) is 0 Å². The molecule has 0 spiro atoms. The topological polar surface area (TPSA) is 53.8 Å². The molecule has 35 heavy (non-hydrogen) atoms. The summed E-state index contributed by atoms with van der Waals surface area (Å²) in [6.45, 7) is 4.38. The van der Waals surface area contributed by atoms with E-state index in [1.165, 1.54) is 19.3 Å². The monoisotopic (exact) mass is 490 g/mol. The molecule has 6 nitrogen and oxygen atoms in total. The number of hydrogen-bond donors (Lipinski definition) is 1. The molecule has 9 heteroatoms. The Kier molecular flexibility index (Phi) is 8.30. The van der Waals surface area contributed by atoms with E-state index in [0.29, 0.717) is 18.7 Å². The van der Waals surface area contributed by atoms with Crippen molar-refractivity contribution in [3.05, 3.63) is 59.9 Å². The number of para-hydroxylation sites is 2. The van der Waals surface area contributed by atoms with Crippen molar-refractivity contribution in [3.63, 3.8) is 0 Å². The Morgan fingerprint density at radius 1 is 1.09 bits per heavy atom. The van der Waals surface area contributed by atoms with Gasteiger partial charge in [-0.1, -0.05) is 30.7 Å². The van der Waals surface area contributed by atoms with Crippen LogP contribution in [0.3, 0.4) is 0 Å². The second-order valence-corrected chi connectivity index (χ2v) is 9.28. The first-order valence-electron chi connectivity index (χ1n) is 12.1. The number of aromatic nitrogens is 2. The number of nitrogens with zero attached hydrogens (tertiary/aromatic N) is 4. The number of halogens is 3. The highest BCUT2D eigenvalue weighted by Crippen LogP contribution is 2.31. The van der Waals surface area contributed by atoms with Crippen molar-refractivity contribution in [2.75, 3.05) is 39.8 Å². The number of piperidine rings is 1. The van der Waals surface area contributed by atoms with Gasteiger partial charge in [-0.05, 0) is 62.8 Å². The van der Waals surface area contributed by atoms with Crippen molar-refractivity contribution in [1.82, 2.24) is 19.4 Å². The lowest BCUT2D eigenvalue weighted by molar-refractivity contribution is -0.147. The molecule has 1 saturated heterocycles. The van der Waals surface area contributed by atoms with E-state index in [9.17, 15) is 18.3 Å². The summed E-state index contributed by atoms with van der Waals surface area (Å²) in [6, 6.07) is 14.3. The van der Waals surface area contributed by atoms with Crippen LogP contribution in [0.1, 0.15) is 30.7 Å². The molecule has 1 N–H and O–H groups in total. The van der Waals surface area contributed by atoms with Gasteiger partial charge >= 0.3 is 6.18 Å². The van der Waals surface area contributed by atoms with Crippen LogP contribution >= 0.6 is 0 Å². The number of likely N-dealkylation sites (N-methyl/N-ethyl adjacent to an activating group) is 1. The van der Waals surface area contributed by atoms with Crippen molar-refractivity contribution < 1.29 is 23.0 Å². The number of fused-ring (bicyclic) bond motifs is 1. The summed E-state index contributed by atoms with van der Waals surface area (Å²) >= 11 is 0. The first kappa shape index (κ1) is 25.5. The van der Waals surface area contributed by atoms with E-state index >= 15 is 0 Å². The van der Waals surface area contributed by atoms with Gasteiger partial charge in [0.25, 0.3) is 0 Å². The maximum absolute atomic E-state index is 13.5. The molecule has 4 rings (SSSR count). The zero-order chi connectivity index (χ0) is 24.8. The van der Waals surface area contributed by atoms with Crippen LogP contribution in [0.4, 0.5) is 13.2 Å². The van der Waals surface area contributed by atoms with E-state index in [1.54, 1.807) is 24.3 Å². The van der Waals surface area contributed by atoms with Crippen LogP contribution in [0.15, 0.2) is 48.5 Å². The Bertz CT molecular complexity index is 1100. The van der Waals surface area contributed by atoms with Crippen LogP contribution in [0, 0.1) is 0 Å². The summed E-state index contributed by atoms with van der Waals surface area (Å²) in [5.74, 6) is -0.192. The van der Waals surface area contributed by atoms with Gasteiger partial charge in [0.1, 0.15) is 12.4 Å². The average molecular weight is 491 g/mol. The van der Waals surface area contributed by atoms with E-state index < -0.39 is 18.1 Å². The quantitative estimate of drug-likeness (QED) is 0.456.